The quantitative estimate of drug-likeness (QED) is 0.344. The van der Waals surface area contributed by atoms with Gasteiger partial charge in [0.05, 0.1) is 0 Å². The van der Waals surface area contributed by atoms with Crippen LogP contribution in [0.1, 0.15) is 62.8 Å². The van der Waals surface area contributed by atoms with Gasteiger partial charge < -0.3 is 15.4 Å². The van der Waals surface area contributed by atoms with Gasteiger partial charge in [-0.2, -0.15) is 0 Å². The topological polar surface area (TPSA) is 48.9 Å². The average molecular weight is 527 g/mol. The normalized spacial score (nSPS) is 27.3. The minimum Gasteiger partial charge on any atom is -0.381 e. The maximum absolute atomic E-state index is 5.69. The number of halogens is 1. The zero-order valence-electron chi connectivity index (χ0n) is 18.4. The monoisotopic (exact) mass is 526 g/mol. The van der Waals surface area contributed by atoms with Crippen LogP contribution in [0.2, 0.25) is 0 Å². The number of guanidine groups is 1. The van der Waals surface area contributed by atoms with Gasteiger partial charge in [0.1, 0.15) is 0 Å². The van der Waals surface area contributed by atoms with Gasteiger partial charge in [-0.3, -0.25) is 9.89 Å². The van der Waals surface area contributed by atoms with Gasteiger partial charge in [0.2, 0.25) is 0 Å². The number of rotatable bonds is 5. The van der Waals surface area contributed by atoms with Gasteiger partial charge in [0.15, 0.2) is 5.96 Å². The zero-order chi connectivity index (χ0) is 19.9. The van der Waals surface area contributed by atoms with E-state index in [0.29, 0.717) is 12.0 Å². The minimum atomic E-state index is 0. The number of ether oxygens (including phenoxy) is 1. The third kappa shape index (κ3) is 5.88. The van der Waals surface area contributed by atoms with Crippen LogP contribution in [-0.2, 0) is 4.74 Å². The molecule has 5 nitrogen and oxygen atoms in total. The van der Waals surface area contributed by atoms with Crippen molar-refractivity contribution in [1.29, 1.82) is 0 Å². The second kappa shape index (κ2) is 11.7. The molecule has 0 unspecified atom stereocenters. The van der Waals surface area contributed by atoms with Gasteiger partial charge in [-0.05, 0) is 75.9 Å². The van der Waals surface area contributed by atoms with Crippen molar-refractivity contribution in [2.45, 2.75) is 68.9 Å². The van der Waals surface area contributed by atoms with Crippen molar-refractivity contribution in [3.8, 4) is 0 Å². The molecule has 1 saturated carbocycles. The van der Waals surface area contributed by atoms with E-state index < -0.39 is 0 Å². The third-order valence-electron chi connectivity index (χ3n) is 7.35. The molecule has 1 aromatic rings. The van der Waals surface area contributed by atoms with Crippen LogP contribution in [0.25, 0.3) is 0 Å². The largest absolute Gasteiger partial charge is 0.381 e. The lowest BCUT2D eigenvalue weighted by atomic mass is 9.82. The minimum absolute atomic E-state index is 0. The lowest BCUT2D eigenvalue weighted by Crippen LogP contribution is -2.59. The van der Waals surface area contributed by atoms with Crippen LogP contribution in [0.5, 0.6) is 0 Å². The summed E-state index contributed by atoms with van der Waals surface area (Å²) in [6.45, 7) is 5.20. The molecule has 2 heterocycles. The Bertz CT molecular complexity index is 648. The molecule has 0 atom stereocenters. The first-order valence-corrected chi connectivity index (χ1v) is 11.6. The highest BCUT2D eigenvalue weighted by atomic mass is 127. The number of hydrogen-bond donors (Lipinski definition) is 2. The number of benzene rings is 1. The SMILES string of the molecule is CN=C(NCC1(N2CCCC2)CCOCC1)NC1CCC(c2ccccc2)CC1.I. The first-order chi connectivity index (χ1) is 14.3. The Hall–Kier alpha value is -0.860. The van der Waals surface area contributed by atoms with Crippen molar-refractivity contribution < 1.29 is 4.74 Å². The summed E-state index contributed by atoms with van der Waals surface area (Å²) in [7, 11) is 1.90. The molecule has 2 N–H and O–H groups in total. The first-order valence-electron chi connectivity index (χ1n) is 11.6. The highest BCUT2D eigenvalue weighted by molar-refractivity contribution is 14.0. The summed E-state index contributed by atoms with van der Waals surface area (Å²) in [6, 6.07) is 11.5. The molecule has 6 heteroatoms. The van der Waals surface area contributed by atoms with Gasteiger partial charge in [-0.15, -0.1) is 24.0 Å². The van der Waals surface area contributed by atoms with Gasteiger partial charge in [-0.1, -0.05) is 30.3 Å². The van der Waals surface area contributed by atoms with E-state index in [-0.39, 0.29) is 29.5 Å². The summed E-state index contributed by atoms with van der Waals surface area (Å²) in [5, 5.41) is 7.40. The van der Waals surface area contributed by atoms with Crippen molar-refractivity contribution in [3.63, 3.8) is 0 Å². The fraction of sp³-hybridized carbons (Fsp3) is 0.708. The van der Waals surface area contributed by atoms with Crippen LogP contribution in [0.15, 0.2) is 35.3 Å². The molecule has 4 rings (SSSR count). The first kappa shape index (κ1) is 23.8. The van der Waals surface area contributed by atoms with E-state index in [4.69, 9.17) is 4.74 Å². The molecule has 2 aliphatic heterocycles. The van der Waals surface area contributed by atoms with Crippen molar-refractivity contribution in [2.24, 2.45) is 4.99 Å². The Labute approximate surface area is 199 Å². The number of likely N-dealkylation sites (tertiary alicyclic amines) is 1. The van der Waals surface area contributed by atoms with Crippen molar-refractivity contribution in [3.05, 3.63) is 35.9 Å². The van der Waals surface area contributed by atoms with Gasteiger partial charge in [0.25, 0.3) is 0 Å². The summed E-state index contributed by atoms with van der Waals surface area (Å²) in [6.07, 6.45) is 9.86. The predicted molar refractivity (Wildman–Crippen MR) is 135 cm³/mol. The molecule has 0 bridgehead atoms. The summed E-state index contributed by atoms with van der Waals surface area (Å²) in [4.78, 5) is 7.26. The van der Waals surface area contributed by atoms with E-state index in [1.54, 1.807) is 0 Å². The Morgan fingerprint density at radius 3 is 2.37 bits per heavy atom. The standard InChI is InChI=1S/C24H38N4O.HI/c1-25-23(26-19-24(13-17-29-18-14-24)28-15-5-6-16-28)27-22-11-9-21(10-12-22)20-7-3-2-4-8-20;/h2-4,7-8,21-22H,5-6,9-19H2,1H3,(H2,25,26,27);1H. The molecule has 2 saturated heterocycles. The summed E-state index contributed by atoms with van der Waals surface area (Å²) < 4.78 is 5.69. The number of aliphatic imine (C=N–C) groups is 1. The van der Waals surface area contributed by atoms with Crippen molar-refractivity contribution >= 4 is 29.9 Å². The molecule has 3 aliphatic rings. The van der Waals surface area contributed by atoms with Gasteiger partial charge in [-0.25, -0.2) is 0 Å². The van der Waals surface area contributed by atoms with E-state index in [2.05, 4.69) is 50.9 Å². The van der Waals surface area contributed by atoms with Crippen LogP contribution in [0.3, 0.4) is 0 Å². The molecule has 1 aromatic carbocycles. The zero-order valence-corrected chi connectivity index (χ0v) is 20.8. The fourth-order valence-corrected chi connectivity index (χ4v) is 5.48. The molecular weight excluding hydrogens is 487 g/mol. The number of nitrogens with one attached hydrogen (secondary N) is 2. The smallest absolute Gasteiger partial charge is 0.191 e. The van der Waals surface area contributed by atoms with Crippen LogP contribution in [0.4, 0.5) is 0 Å². The summed E-state index contributed by atoms with van der Waals surface area (Å²) in [5.74, 6) is 1.68. The van der Waals surface area contributed by atoms with Crippen molar-refractivity contribution in [2.75, 3.05) is 39.9 Å². The van der Waals surface area contributed by atoms with Gasteiger partial charge in [0, 0.05) is 38.4 Å². The average Bonchev–Trinajstić information content (AvgIpc) is 3.34. The second-order valence-corrected chi connectivity index (χ2v) is 9.06. The Balaban J connectivity index is 0.00000256. The molecule has 1 aliphatic carbocycles. The van der Waals surface area contributed by atoms with Crippen LogP contribution in [-0.4, -0.2) is 62.3 Å². The van der Waals surface area contributed by atoms with Crippen molar-refractivity contribution in [1.82, 2.24) is 15.5 Å². The molecule has 0 amide bonds. The molecule has 0 radical (unpaired) electrons. The maximum atomic E-state index is 5.69. The number of nitrogens with zero attached hydrogens (tertiary/aromatic N) is 2. The third-order valence-corrected chi connectivity index (χ3v) is 7.35. The Morgan fingerprint density at radius 1 is 1.07 bits per heavy atom. The summed E-state index contributed by atoms with van der Waals surface area (Å²) >= 11 is 0. The molecule has 3 fully saturated rings. The van der Waals surface area contributed by atoms with E-state index in [1.165, 1.54) is 57.2 Å². The second-order valence-electron chi connectivity index (χ2n) is 9.06. The molecule has 30 heavy (non-hydrogen) atoms. The highest BCUT2D eigenvalue weighted by Gasteiger charge is 2.39. The number of hydrogen-bond acceptors (Lipinski definition) is 3. The lowest BCUT2D eigenvalue weighted by molar-refractivity contribution is -0.0164. The van der Waals surface area contributed by atoms with Crippen LogP contribution >= 0.6 is 24.0 Å². The molecule has 0 aromatic heterocycles. The Morgan fingerprint density at radius 2 is 1.73 bits per heavy atom. The molecular formula is C24H39IN4O. The maximum Gasteiger partial charge on any atom is 0.191 e. The Kier molecular flexibility index (Phi) is 9.26. The lowest BCUT2D eigenvalue weighted by Gasteiger charge is -2.45. The summed E-state index contributed by atoms with van der Waals surface area (Å²) in [5.41, 5.74) is 1.73. The van der Waals surface area contributed by atoms with E-state index in [0.717, 1.165) is 38.6 Å². The van der Waals surface area contributed by atoms with Crippen LogP contribution in [0, 0.1) is 0 Å². The van der Waals surface area contributed by atoms with Gasteiger partial charge >= 0.3 is 0 Å². The highest BCUT2D eigenvalue weighted by Crippen LogP contribution is 2.33. The van der Waals surface area contributed by atoms with E-state index >= 15 is 0 Å². The fourth-order valence-electron chi connectivity index (χ4n) is 5.48. The predicted octanol–water partition coefficient (Wildman–Crippen LogP) is 4.14. The molecule has 168 valence electrons. The van der Waals surface area contributed by atoms with E-state index in [1.807, 2.05) is 7.05 Å². The molecule has 0 spiro atoms. The van der Waals surface area contributed by atoms with Crippen LogP contribution < -0.4 is 10.6 Å². The van der Waals surface area contributed by atoms with E-state index in [9.17, 15) is 0 Å².